The third-order valence-corrected chi connectivity index (χ3v) is 4.36. The van der Waals surface area contributed by atoms with Gasteiger partial charge in [-0.1, -0.05) is 25.4 Å². The molecule has 102 valence electrons. The lowest BCUT2D eigenvalue weighted by molar-refractivity contribution is 0.260. The van der Waals surface area contributed by atoms with Crippen molar-refractivity contribution in [3.05, 3.63) is 17.5 Å². The maximum Gasteiger partial charge on any atom is 0.255 e. The van der Waals surface area contributed by atoms with Gasteiger partial charge in [0.25, 0.3) is 5.78 Å². The van der Waals surface area contributed by atoms with Crippen LogP contribution in [0.15, 0.2) is 12.4 Å². The second-order valence-electron chi connectivity index (χ2n) is 5.54. The Bertz CT molecular complexity index is 581. The van der Waals surface area contributed by atoms with E-state index >= 15 is 0 Å². The first-order valence-electron chi connectivity index (χ1n) is 6.76. The van der Waals surface area contributed by atoms with Gasteiger partial charge in [0.2, 0.25) is 0 Å². The summed E-state index contributed by atoms with van der Waals surface area (Å²) in [5.41, 5.74) is 0. The molecule has 3 rings (SSSR count). The smallest absolute Gasteiger partial charge is 0.255 e. The predicted molar refractivity (Wildman–Crippen MR) is 75.4 cm³/mol. The van der Waals surface area contributed by atoms with Gasteiger partial charge >= 0.3 is 0 Å². The zero-order chi connectivity index (χ0) is 13.4. The molecule has 6 heteroatoms. The zero-order valence-electron chi connectivity index (χ0n) is 11.2. The van der Waals surface area contributed by atoms with E-state index in [4.69, 9.17) is 11.6 Å². The van der Waals surface area contributed by atoms with E-state index in [-0.39, 0.29) is 0 Å². The molecule has 2 aromatic heterocycles. The van der Waals surface area contributed by atoms with E-state index in [0.29, 0.717) is 17.0 Å². The van der Waals surface area contributed by atoms with E-state index in [1.165, 1.54) is 25.6 Å². The largest absolute Gasteiger partial charge is 0.367 e. The number of nitrogens with zero attached hydrogens (tertiary/aromatic N) is 4. The molecule has 0 aromatic carbocycles. The SMILES string of the molecule is CC1CCC(Nc2cc(Cl)nc3ncnn23)CC1C. The van der Waals surface area contributed by atoms with Gasteiger partial charge in [0.1, 0.15) is 17.3 Å². The third-order valence-electron chi connectivity index (χ3n) is 4.17. The minimum atomic E-state index is 0.445. The van der Waals surface area contributed by atoms with Gasteiger partial charge in [-0.25, -0.2) is 0 Å². The van der Waals surface area contributed by atoms with Crippen LogP contribution in [0.2, 0.25) is 5.15 Å². The summed E-state index contributed by atoms with van der Waals surface area (Å²) in [6, 6.07) is 2.28. The van der Waals surface area contributed by atoms with E-state index < -0.39 is 0 Å². The van der Waals surface area contributed by atoms with Gasteiger partial charge < -0.3 is 5.32 Å². The summed E-state index contributed by atoms with van der Waals surface area (Å²) < 4.78 is 1.70. The molecule has 0 saturated heterocycles. The standard InChI is InChI=1S/C13H18ClN5/c1-8-3-4-10(5-9(8)2)17-12-6-11(14)18-13-15-7-16-19(12)13/h6-10,17H,3-5H2,1-2H3. The molecule has 1 saturated carbocycles. The van der Waals surface area contributed by atoms with Crippen molar-refractivity contribution in [2.75, 3.05) is 5.32 Å². The molecule has 0 aliphatic heterocycles. The molecule has 1 fully saturated rings. The average Bonchev–Trinajstić information content (AvgIpc) is 2.82. The van der Waals surface area contributed by atoms with Gasteiger partial charge in [0.05, 0.1) is 0 Å². The summed E-state index contributed by atoms with van der Waals surface area (Å²) >= 11 is 6.02. The highest BCUT2D eigenvalue weighted by molar-refractivity contribution is 6.29. The van der Waals surface area contributed by atoms with Crippen LogP contribution in [0.3, 0.4) is 0 Å². The quantitative estimate of drug-likeness (QED) is 0.859. The number of nitrogens with one attached hydrogen (secondary N) is 1. The van der Waals surface area contributed by atoms with Crippen LogP contribution >= 0.6 is 11.6 Å². The van der Waals surface area contributed by atoms with Crippen LogP contribution in [0.1, 0.15) is 33.1 Å². The summed E-state index contributed by atoms with van der Waals surface area (Å²) in [5, 5.41) is 8.16. The Labute approximate surface area is 117 Å². The lowest BCUT2D eigenvalue weighted by Crippen LogP contribution is -2.31. The Morgan fingerprint density at radius 3 is 2.95 bits per heavy atom. The van der Waals surface area contributed by atoms with Gasteiger partial charge in [-0.2, -0.15) is 19.6 Å². The van der Waals surface area contributed by atoms with Crippen molar-refractivity contribution in [3.63, 3.8) is 0 Å². The molecule has 0 spiro atoms. The van der Waals surface area contributed by atoms with E-state index in [0.717, 1.165) is 17.7 Å². The molecule has 3 atom stereocenters. The number of hydrogen-bond acceptors (Lipinski definition) is 4. The molecule has 0 bridgehead atoms. The molecule has 2 heterocycles. The minimum Gasteiger partial charge on any atom is -0.367 e. The normalized spacial score (nSPS) is 27.6. The van der Waals surface area contributed by atoms with E-state index in [1.807, 2.05) is 6.07 Å². The summed E-state index contributed by atoms with van der Waals surface area (Å²) in [6.07, 6.45) is 5.12. The van der Waals surface area contributed by atoms with Crippen molar-refractivity contribution in [1.82, 2.24) is 19.6 Å². The highest BCUT2D eigenvalue weighted by Gasteiger charge is 2.25. The lowest BCUT2D eigenvalue weighted by Gasteiger charge is -2.33. The summed E-state index contributed by atoms with van der Waals surface area (Å²) in [5.74, 6) is 2.96. The van der Waals surface area contributed by atoms with Gasteiger partial charge in [-0.15, -0.1) is 0 Å². The number of halogens is 1. The molecule has 1 N–H and O–H groups in total. The van der Waals surface area contributed by atoms with Crippen molar-refractivity contribution in [1.29, 1.82) is 0 Å². The molecule has 1 aliphatic carbocycles. The number of fused-ring (bicyclic) bond motifs is 1. The summed E-state index contributed by atoms with van der Waals surface area (Å²) in [6.45, 7) is 4.66. The van der Waals surface area contributed by atoms with Crippen LogP contribution in [-0.2, 0) is 0 Å². The van der Waals surface area contributed by atoms with Crippen LogP contribution in [0, 0.1) is 11.8 Å². The van der Waals surface area contributed by atoms with E-state index in [2.05, 4.69) is 34.2 Å². The van der Waals surface area contributed by atoms with Crippen LogP contribution in [-0.4, -0.2) is 25.6 Å². The van der Waals surface area contributed by atoms with Crippen molar-refractivity contribution < 1.29 is 0 Å². The molecule has 2 aromatic rings. The molecule has 1 aliphatic rings. The Morgan fingerprint density at radius 2 is 2.16 bits per heavy atom. The Hall–Kier alpha value is -1.36. The van der Waals surface area contributed by atoms with E-state index in [9.17, 15) is 0 Å². The maximum atomic E-state index is 6.02. The fourth-order valence-electron chi connectivity index (χ4n) is 2.77. The van der Waals surface area contributed by atoms with Gasteiger partial charge in [-0.3, -0.25) is 0 Å². The lowest BCUT2D eigenvalue weighted by atomic mass is 9.79. The predicted octanol–water partition coefficient (Wildman–Crippen LogP) is 3.01. The molecular weight excluding hydrogens is 262 g/mol. The van der Waals surface area contributed by atoms with Crippen molar-refractivity contribution in [3.8, 4) is 0 Å². The highest BCUT2D eigenvalue weighted by Crippen LogP contribution is 2.31. The fourth-order valence-corrected chi connectivity index (χ4v) is 2.95. The monoisotopic (exact) mass is 279 g/mol. The number of aromatic nitrogens is 4. The van der Waals surface area contributed by atoms with Crippen LogP contribution < -0.4 is 5.32 Å². The van der Waals surface area contributed by atoms with Crippen LogP contribution in [0.5, 0.6) is 0 Å². The zero-order valence-corrected chi connectivity index (χ0v) is 11.9. The van der Waals surface area contributed by atoms with Gasteiger partial charge in [-0.05, 0) is 31.1 Å². The first-order valence-corrected chi connectivity index (χ1v) is 7.14. The Balaban J connectivity index is 1.83. The molecule has 19 heavy (non-hydrogen) atoms. The Morgan fingerprint density at radius 1 is 1.32 bits per heavy atom. The first kappa shape index (κ1) is 12.7. The summed E-state index contributed by atoms with van der Waals surface area (Å²) in [7, 11) is 0. The van der Waals surface area contributed by atoms with Crippen molar-refractivity contribution in [2.45, 2.75) is 39.2 Å². The summed E-state index contributed by atoms with van der Waals surface area (Å²) in [4.78, 5) is 8.21. The highest BCUT2D eigenvalue weighted by atomic mass is 35.5. The molecule has 0 radical (unpaired) electrons. The van der Waals surface area contributed by atoms with Crippen LogP contribution in [0.25, 0.3) is 5.78 Å². The van der Waals surface area contributed by atoms with Gasteiger partial charge in [0.15, 0.2) is 0 Å². The third kappa shape index (κ3) is 2.52. The van der Waals surface area contributed by atoms with Gasteiger partial charge in [0, 0.05) is 12.1 Å². The number of anilines is 1. The fraction of sp³-hybridized carbons (Fsp3) is 0.615. The minimum absolute atomic E-state index is 0.445. The average molecular weight is 280 g/mol. The second-order valence-corrected chi connectivity index (χ2v) is 5.93. The van der Waals surface area contributed by atoms with Crippen molar-refractivity contribution >= 4 is 23.2 Å². The number of rotatable bonds is 2. The number of hydrogen-bond donors (Lipinski definition) is 1. The molecule has 5 nitrogen and oxygen atoms in total. The van der Waals surface area contributed by atoms with Crippen LogP contribution in [0.4, 0.5) is 5.82 Å². The molecular formula is C13H18ClN5. The Kier molecular flexibility index (Phi) is 3.31. The second kappa shape index (κ2) is 4.96. The molecule has 3 unspecified atom stereocenters. The molecule has 0 amide bonds. The first-order chi connectivity index (χ1) is 9.13. The van der Waals surface area contributed by atoms with Crippen molar-refractivity contribution in [2.24, 2.45) is 11.8 Å². The van der Waals surface area contributed by atoms with E-state index in [1.54, 1.807) is 4.52 Å². The maximum absolute atomic E-state index is 6.02. The topological polar surface area (TPSA) is 55.1 Å².